The number of fused-ring (bicyclic) bond motifs is 1. The van der Waals surface area contributed by atoms with E-state index in [0.29, 0.717) is 17.3 Å². The molecule has 1 aliphatic rings. The molecule has 7 nitrogen and oxygen atoms in total. The molecule has 0 radical (unpaired) electrons. The molecule has 28 heavy (non-hydrogen) atoms. The van der Waals surface area contributed by atoms with E-state index >= 15 is 0 Å². The standard InChI is InChI=1S/C20H22ClN5O2/c1-28-16-7-6-15(17(21)14-16)13-19(27)24-8-4-9-25(12-11-24)20-23-22-18-5-2-3-10-26(18)20/h2-3,5-7,10,14H,4,8-9,11-13H2,1H3. The van der Waals surface area contributed by atoms with Crippen molar-refractivity contribution in [2.24, 2.45) is 0 Å². The molecule has 1 fully saturated rings. The van der Waals surface area contributed by atoms with Crippen molar-refractivity contribution in [1.29, 1.82) is 0 Å². The predicted molar refractivity (Wildman–Crippen MR) is 108 cm³/mol. The van der Waals surface area contributed by atoms with Crippen LogP contribution in [0, 0.1) is 0 Å². The van der Waals surface area contributed by atoms with E-state index in [4.69, 9.17) is 16.3 Å². The first-order chi connectivity index (χ1) is 13.7. The maximum atomic E-state index is 12.8. The van der Waals surface area contributed by atoms with Crippen LogP contribution in [0.25, 0.3) is 5.65 Å². The Labute approximate surface area is 168 Å². The number of carbonyl (C=O) groups is 1. The maximum absolute atomic E-state index is 12.8. The number of benzene rings is 1. The Morgan fingerprint density at radius 2 is 2.04 bits per heavy atom. The SMILES string of the molecule is COc1ccc(CC(=O)N2CCCN(c3nnc4ccccn34)CC2)c(Cl)c1. The van der Waals surface area contributed by atoms with Crippen LogP contribution in [0.4, 0.5) is 5.95 Å². The predicted octanol–water partition coefficient (Wildman–Crippen LogP) is 2.67. The lowest BCUT2D eigenvalue weighted by molar-refractivity contribution is -0.130. The van der Waals surface area contributed by atoms with Gasteiger partial charge in [0.05, 0.1) is 13.5 Å². The summed E-state index contributed by atoms with van der Waals surface area (Å²) in [6.07, 6.45) is 3.13. The minimum atomic E-state index is 0.0834. The molecule has 1 amide bonds. The fourth-order valence-corrected chi connectivity index (χ4v) is 3.72. The van der Waals surface area contributed by atoms with Crippen molar-refractivity contribution < 1.29 is 9.53 Å². The van der Waals surface area contributed by atoms with Crippen molar-refractivity contribution in [2.75, 3.05) is 38.2 Å². The van der Waals surface area contributed by atoms with E-state index in [-0.39, 0.29) is 12.3 Å². The molecular weight excluding hydrogens is 378 g/mol. The Kier molecular flexibility index (Phi) is 5.34. The average Bonchev–Trinajstić information content (AvgIpc) is 2.98. The number of pyridine rings is 1. The largest absolute Gasteiger partial charge is 0.497 e. The molecule has 1 aromatic carbocycles. The minimum absolute atomic E-state index is 0.0834. The van der Waals surface area contributed by atoms with Crippen LogP contribution in [-0.4, -0.2) is 58.7 Å². The van der Waals surface area contributed by atoms with Gasteiger partial charge < -0.3 is 14.5 Å². The van der Waals surface area contributed by atoms with Gasteiger partial charge in [-0.15, -0.1) is 10.2 Å². The molecule has 0 bridgehead atoms. The molecule has 0 aliphatic carbocycles. The summed E-state index contributed by atoms with van der Waals surface area (Å²) in [5.74, 6) is 1.59. The van der Waals surface area contributed by atoms with Crippen molar-refractivity contribution >= 4 is 29.1 Å². The van der Waals surface area contributed by atoms with E-state index in [9.17, 15) is 4.79 Å². The highest BCUT2D eigenvalue weighted by Crippen LogP contribution is 2.23. The fourth-order valence-electron chi connectivity index (χ4n) is 3.48. The summed E-state index contributed by atoms with van der Waals surface area (Å²) >= 11 is 6.29. The quantitative estimate of drug-likeness (QED) is 0.675. The Balaban J connectivity index is 1.43. The van der Waals surface area contributed by atoms with E-state index in [2.05, 4.69) is 15.1 Å². The molecule has 146 valence electrons. The monoisotopic (exact) mass is 399 g/mol. The molecule has 3 heterocycles. The smallest absolute Gasteiger partial charge is 0.231 e. The summed E-state index contributed by atoms with van der Waals surface area (Å²) in [4.78, 5) is 16.9. The van der Waals surface area contributed by atoms with Gasteiger partial charge in [-0.3, -0.25) is 9.20 Å². The van der Waals surface area contributed by atoms with Crippen LogP contribution in [0.15, 0.2) is 42.6 Å². The number of halogens is 1. The fraction of sp³-hybridized carbons (Fsp3) is 0.350. The van der Waals surface area contributed by atoms with Gasteiger partial charge >= 0.3 is 0 Å². The Morgan fingerprint density at radius 1 is 1.14 bits per heavy atom. The van der Waals surface area contributed by atoms with E-state index in [1.165, 1.54) is 0 Å². The zero-order valence-electron chi connectivity index (χ0n) is 15.7. The summed E-state index contributed by atoms with van der Waals surface area (Å²) in [6.45, 7) is 2.93. The first-order valence-electron chi connectivity index (χ1n) is 9.30. The zero-order chi connectivity index (χ0) is 19.5. The summed E-state index contributed by atoms with van der Waals surface area (Å²) < 4.78 is 7.15. The Hall–Kier alpha value is -2.80. The Bertz CT molecular complexity index is 990. The topological polar surface area (TPSA) is 63.0 Å². The number of ether oxygens (including phenoxy) is 1. The molecular formula is C20H22ClN5O2. The molecule has 2 aromatic heterocycles. The summed E-state index contributed by atoms with van der Waals surface area (Å²) in [5, 5.41) is 9.11. The normalized spacial score (nSPS) is 14.9. The van der Waals surface area contributed by atoms with Gasteiger partial charge in [-0.1, -0.05) is 23.7 Å². The van der Waals surface area contributed by atoms with Crippen molar-refractivity contribution in [2.45, 2.75) is 12.8 Å². The van der Waals surface area contributed by atoms with Gasteiger partial charge in [0.2, 0.25) is 11.9 Å². The van der Waals surface area contributed by atoms with Crippen LogP contribution in [-0.2, 0) is 11.2 Å². The number of methoxy groups -OCH3 is 1. The van der Waals surface area contributed by atoms with E-state index in [1.807, 2.05) is 45.8 Å². The molecule has 8 heteroatoms. The third-order valence-electron chi connectivity index (χ3n) is 5.03. The van der Waals surface area contributed by atoms with Crippen LogP contribution in [0.2, 0.25) is 5.02 Å². The molecule has 3 aromatic rings. The van der Waals surface area contributed by atoms with Gasteiger partial charge in [-0.25, -0.2) is 0 Å². The number of nitrogens with zero attached hydrogens (tertiary/aromatic N) is 5. The van der Waals surface area contributed by atoms with Gasteiger partial charge in [0.25, 0.3) is 0 Å². The van der Waals surface area contributed by atoms with Crippen LogP contribution in [0.5, 0.6) is 5.75 Å². The number of anilines is 1. The molecule has 1 saturated heterocycles. The number of hydrogen-bond acceptors (Lipinski definition) is 5. The number of aromatic nitrogens is 3. The van der Waals surface area contributed by atoms with Gasteiger partial charge in [0.15, 0.2) is 5.65 Å². The highest BCUT2D eigenvalue weighted by molar-refractivity contribution is 6.31. The van der Waals surface area contributed by atoms with Gasteiger partial charge in [0, 0.05) is 37.4 Å². The number of hydrogen-bond donors (Lipinski definition) is 0. The number of amides is 1. The van der Waals surface area contributed by atoms with Gasteiger partial charge in [0.1, 0.15) is 5.75 Å². The van der Waals surface area contributed by atoms with Gasteiger partial charge in [-0.2, -0.15) is 0 Å². The highest BCUT2D eigenvalue weighted by Gasteiger charge is 2.22. The molecule has 4 rings (SSSR count). The van der Waals surface area contributed by atoms with E-state index in [1.54, 1.807) is 13.2 Å². The van der Waals surface area contributed by atoms with Crippen LogP contribution in [0.3, 0.4) is 0 Å². The van der Waals surface area contributed by atoms with Crippen molar-refractivity contribution in [3.8, 4) is 5.75 Å². The minimum Gasteiger partial charge on any atom is -0.497 e. The Morgan fingerprint density at radius 3 is 2.86 bits per heavy atom. The lowest BCUT2D eigenvalue weighted by Crippen LogP contribution is -2.36. The maximum Gasteiger partial charge on any atom is 0.231 e. The lowest BCUT2D eigenvalue weighted by Gasteiger charge is -2.22. The molecule has 0 N–H and O–H groups in total. The second kappa shape index (κ2) is 8.06. The first-order valence-corrected chi connectivity index (χ1v) is 9.68. The second-order valence-electron chi connectivity index (χ2n) is 6.78. The van der Waals surface area contributed by atoms with E-state index in [0.717, 1.165) is 43.2 Å². The second-order valence-corrected chi connectivity index (χ2v) is 7.19. The molecule has 0 atom stereocenters. The van der Waals surface area contributed by atoms with Crippen LogP contribution < -0.4 is 9.64 Å². The third-order valence-corrected chi connectivity index (χ3v) is 5.38. The van der Waals surface area contributed by atoms with E-state index < -0.39 is 0 Å². The number of rotatable bonds is 4. The first kappa shape index (κ1) is 18.6. The zero-order valence-corrected chi connectivity index (χ0v) is 16.5. The molecule has 0 spiro atoms. The molecule has 0 unspecified atom stereocenters. The summed E-state index contributed by atoms with van der Waals surface area (Å²) in [6, 6.07) is 11.3. The summed E-state index contributed by atoms with van der Waals surface area (Å²) in [7, 11) is 1.60. The van der Waals surface area contributed by atoms with Crippen molar-refractivity contribution in [3.63, 3.8) is 0 Å². The third kappa shape index (κ3) is 3.75. The van der Waals surface area contributed by atoms with Crippen LogP contribution in [0.1, 0.15) is 12.0 Å². The van der Waals surface area contributed by atoms with Crippen LogP contribution >= 0.6 is 11.6 Å². The lowest BCUT2D eigenvalue weighted by atomic mass is 10.1. The summed E-state index contributed by atoms with van der Waals surface area (Å²) in [5.41, 5.74) is 1.64. The van der Waals surface area contributed by atoms with Crippen molar-refractivity contribution in [1.82, 2.24) is 19.5 Å². The molecule has 1 aliphatic heterocycles. The highest BCUT2D eigenvalue weighted by atomic mass is 35.5. The van der Waals surface area contributed by atoms with Gasteiger partial charge in [-0.05, 0) is 36.2 Å². The van der Waals surface area contributed by atoms with Crippen molar-refractivity contribution in [3.05, 3.63) is 53.2 Å². The molecule has 0 saturated carbocycles. The number of carbonyl (C=O) groups excluding carboxylic acids is 1. The average molecular weight is 400 g/mol.